The molecule has 1 amide bonds. The van der Waals surface area contributed by atoms with E-state index in [1.54, 1.807) is 20.3 Å². The molecule has 3 rings (SSSR count). The molecule has 1 aliphatic rings. The number of nitrogens with zero attached hydrogens (tertiary/aromatic N) is 1. The first-order valence-electron chi connectivity index (χ1n) is 8.69. The average molecular weight is 407 g/mol. The van der Waals surface area contributed by atoms with E-state index in [0.29, 0.717) is 30.2 Å². The second-order valence-electron chi connectivity index (χ2n) is 6.16. The fraction of sp³-hybridized carbons (Fsp3) is 0.300. The van der Waals surface area contributed by atoms with Crippen LogP contribution in [-0.4, -0.2) is 38.5 Å². The molecule has 0 spiro atoms. The summed E-state index contributed by atoms with van der Waals surface area (Å²) in [5.74, 6) is 0.465. The Hall–Kier alpha value is -2.80. The summed E-state index contributed by atoms with van der Waals surface area (Å²) in [6, 6.07) is 9.95. The minimum atomic E-state index is -0.809. The van der Waals surface area contributed by atoms with E-state index in [2.05, 4.69) is 10.5 Å². The smallest absolute Gasteiger partial charge is 0.264 e. The van der Waals surface area contributed by atoms with Gasteiger partial charge >= 0.3 is 0 Å². The molecule has 0 unspecified atom stereocenters. The number of oxime groups is 1. The highest BCUT2D eigenvalue weighted by Crippen LogP contribution is 2.28. The number of hydrogen-bond donors (Lipinski definition) is 1. The molecule has 1 heterocycles. The van der Waals surface area contributed by atoms with Crippen molar-refractivity contribution >= 4 is 23.2 Å². The summed E-state index contributed by atoms with van der Waals surface area (Å²) in [4.78, 5) is 17.5. The molecule has 1 atom stereocenters. The first-order chi connectivity index (χ1) is 13.5. The van der Waals surface area contributed by atoms with Crippen molar-refractivity contribution < 1.29 is 23.5 Å². The summed E-state index contributed by atoms with van der Waals surface area (Å²) in [6.07, 6.45) is -0.0507. The molecule has 1 aliphatic heterocycles. The van der Waals surface area contributed by atoms with Crippen molar-refractivity contribution in [3.8, 4) is 11.5 Å². The average Bonchev–Trinajstić information content (AvgIpc) is 3.17. The molecular weight excluding hydrogens is 387 g/mol. The lowest BCUT2D eigenvalue weighted by Gasteiger charge is -2.11. The summed E-state index contributed by atoms with van der Waals surface area (Å²) in [6.45, 7) is 0.407. The Morgan fingerprint density at radius 3 is 2.79 bits per heavy atom. The third-order valence-electron chi connectivity index (χ3n) is 4.37. The van der Waals surface area contributed by atoms with Gasteiger partial charge in [-0.05, 0) is 36.2 Å². The van der Waals surface area contributed by atoms with Crippen molar-refractivity contribution in [3.63, 3.8) is 0 Å². The van der Waals surface area contributed by atoms with Gasteiger partial charge in [0.2, 0.25) is 6.10 Å². The largest absolute Gasteiger partial charge is 0.493 e. The molecule has 2 aromatic carbocycles. The lowest BCUT2D eigenvalue weighted by atomic mass is 10.0. The Kier molecular flexibility index (Phi) is 6.36. The minimum absolute atomic E-state index is 0.156. The minimum Gasteiger partial charge on any atom is -0.493 e. The van der Waals surface area contributed by atoms with Gasteiger partial charge in [-0.2, -0.15) is 0 Å². The van der Waals surface area contributed by atoms with E-state index in [1.165, 1.54) is 12.1 Å². The van der Waals surface area contributed by atoms with Crippen LogP contribution in [0.25, 0.3) is 0 Å². The standard InChI is InChI=1S/C20H20ClFN2O4/c1-26-16-7-6-12(10-17(16)27-2)8-9-23-20(25)18-11-15(24-28-18)19-13(21)4-3-5-14(19)22/h3-7,10,18H,8-9,11H2,1-2H3,(H,23,25)/t18-/m1/s1. The normalized spacial score (nSPS) is 15.6. The van der Waals surface area contributed by atoms with Crippen molar-refractivity contribution in [1.29, 1.82) is 0 Å². The SMILES string of the molecule is COc1ccc(CCNC(=O)[C@H]2CC(c3c(F)cccc3Cl)=NO2)cc1OC. The highest BCUT2D eigenvalue weighted by Gasteiger charge is 2.30. The van der Waals surface area contributed by atoms with Crippen LogP contribution < -0.4 is 14.8 Å². The summed E-state index contributed by atoms with van der Waals surface area (Å²) in [5.41, 5.74) is 1.48. The number of halogens is 2. The molecule has 0 radical (unpaired) electrons. The Morgan fingerprint density at radius 2 is 2.07 bits per heavy atom. The van der Waals surface area contributed by atoms with Crippen LogP contribution in [0, 0.1) is 5.82 Å². The zero-order valence-corrected chi connectivity index (χ0v) is 16.3. The summed E-state index contributed by atoms with van der Waals surface area (Å²) in [7, 11) is 3.14. The Labute approximate surface area is 167 Å². The predicted molar refractivity (Wildman–Crippen MR) is 104 cm³/mol. The second kappa shape index (κ2) is 8.93. The molecule has 8 heteroatoms. The predicted octanol–water partition coefficient (Wildman–Crippen LogP) is 3.35. The van der Waals surface area contributed by atoms with Gasteiger partial charge in [-0.25, -0.2) is 4.39 Å². The third kappa shape index (κ3) is 4.36. The number of carbonyl (C=O) groups excluding carboxylic acids is 1. The molecule has 1 N–H and O–H groups in total. The van der Waals surface area contributed by atoms with E-state index in [0.717, 1.165) is 5.56 Å². The number of methoxy groups -OCH3 is 2. The molecular formula is C20H20ClFN2O4. The molecule has 0 aliphatic carbocycles. The van der Waals surface area contributed by atoms with Gasteiger partial charge in [0, 0.05) is 13.0 Å². The van der Waals surface area contributed by atoms with Crippen molar-refractivity contribution in [1.82, 2.24) is 5.32 Å². The summed E-state index contributed by atoms with van der Waals surface area (Å²) >= 11 is 6.04. The number of nitrogens with one attached hydrogen (secondary N) is 1. The van der Waals surface area contributed by atoms with Crippen LogP contribution in [-0.2, 0) is 16.1 Å². The van der Waals surface area contributed by atoms with Gasteiger partial charge in [-0.3, -0.25) is 4.79 Å². The molecule has 2 aromatic rings. The van der Waals surface area contributed by atoms with E-state index >= 15 is 0 Å². The first kappa shape index (κ1) is 19.9. The number of hydrogen-bond acceptors (Lipinski definition) is 5. The quantitative estimate of drug-likeness (QED) is 0.765. The molecule has 0 bridgehead atoms. The Bertz CT molecular complexity index is 884. The molecule has 6 nitrogen and oxygen atoms in total. The summed E-state index contributed by atoms with van der Waals surface area (Å²) < 4.78 is 24.5. The van der Waals surface area contributed by atoms with Crippen LogP contribution in [0.4, 0.5) is 4.39 Å². The number of carbonyl (C=O) groups is 1. The van der Waals surface area contributed by atoms with E-state index in [-0.39, 0.29) is 22.9 Å². The van der Waals surface area contributed by atoms with Crippen molar-refractivity contribution in [2.75, 3.05) is 20.8 Å². The maximum absolute atomic E-state index is 14.0. The fourth-order valence-electron chi connectivity index (χ4n) is 2.92. The van der Waals surface area contributed by atoms with Crippen molar-refractivity contribution in [2.45, 2.75) is 18.9 Å². The van der Waals surface area contributed by atoms with E-state index in [4.69, 9.17) is 25.9 Å². The second-order valence-corrected chi connectivity index (χ2v) is 6.57. The number of rotatable bonds is 7. The van der Waals surface area contributed by atoms with Crippen LogP contribution in [0.5, 0.6) is 11.5 Å². The van der Waals surface area contributed by atoms with Crippen molar-refractivity contribution in [2.24, 2.45) is 5.16 Å². The zero-order chi connectivity index (χ0) is 20.1. The maximum atomic E-state index is 14.0. The topological polar surface area (TPSA) is 69.2 Å². The lowest BCUT2D eigenvalue weighted by Crippen LogP contribution is -2.36. The van der Waals surface area contributed by atoms with Gasteiger partial charge in [-0.1, -0.05) is 28.9 Å². The molecule has 0 saturated heterocycles. The number of ether oxygens (including phenoxy) is 2. The van der Waals surface area contributed by atoms with Crippen LogP contribution in [0.3, 0.4) is 0 Å². The highest BCUT2D eigenvalue weighted by molar-refractivity contribution is 6.34. The monoisotopic (exact) mass is 406 g/mol. The molecule has 0 saturated carbocycles. The van der Waals surface area contributed by atoms with Crippen LogP contribution in [0.2, 0.25) is 5.02 Å². The maximum Gasteiger partial charge on any atom is 0.264 e. The van der Waals surface area contributed by atoms with Gasteiger partial charge in [0.25, 0.3) is 5.91 Å². The van der Waals surface area contributed by atoms with Crippen LogP contribution in [0.1, 0.15) is 17.5 Å². The molecule has 148 valence electrons. The number of amides is 1. The van der Waals surface area contributed by atoms with Gasteiger partial charge in [-0.15, -0.1) is 0 Å². The molecule has 0 aromatic heterocycles. The highest BCUT2D eigenvalue weighted by atomic mass is 35.5. The third-order valence-corrected chi connectivity index (χ3v) is 4.69. The Balaban J connectivity index is 1.53. The zero-order valence-electron chi connectivity index (χ0n) is 15.5. The molecule has 28 heavy (non-hydrogen) atoms. The van der Waals surface area contributed by atoms with Gasteiger partial charge in [0.1, 0.15) is 5.82 Å². The summed E-state index contributed by atoms with van der Waals surface area (Å²) in [5, 5.41) is 6.88. The number of benzene rings is 2. The lowest BCUT2D eigenvalue weighted by molar-refractivity contribution is -0.131. The fourth-order valence-corrected chi connectivity index (χ4v) is 3.19. The van der Waals surface area contributed by atoms with E-state index in [1.807, 2.05) is 18.2 Å². The molecule has 0 fully saturated rings. The Morgan fingerprint density at radius 1 is 1.29 bits per heavy atom. The van der Waals surface area contributed by atoms with Crippen molar-refractivity contribution in [3.05, 3.63) is 58.4 Å². The van der Waals surface area contributed by atoms with E-state index < -0.39 is 11.9 Å². The first-order valence-corrected chi connectivity index (χ1v) is 9.07. The van der Waals surface area contributed by atoms with Gasteiger partial charge in [0.05, 0.1) is 30.5 Å². The van der Waals surface area contributed by atoms with Crippen LogP contribution in [0.15, 0.2) is 41.6 Å². The van der Waals surface area contributed by atoms with Crippen LogP contribution >= 0.6 is 11.6 Å². The van der Waals surface area contributed by atoms with E-state index in [9.17, 15) is 9.18 Å². The van der Waals surface area contributed by atoms with Gasteiger partial charge < -0.3 is 19.6 Å². The van der Waals surface area contributed by atoms with Gasteiger partial charge in [0.15, 0.2) is 11.5 Å².